The summed E-state index contributed by atoms with van der Waals surface area (Å²) in [4.78, 5) is 24.6. The Morgan fingerprint density at radius 1 is 1.17 bits per heavy atom. The Balaban J connectivity index is 2.15. The normalized spacial score (nSPS) is 18.5. The summed E-state index contributed by atoms with van der Waals surface area (Å²) in [7, 11) is -3.65. The Morgan fingerprint density at radius 3 is 2.30 bits per heavy atom. The maximum absolute atomic E-state index is 12.7. The van der Waals surface area contributed by atoms with Crippen LogP contribution in [0, 0.1) is 0 Å². The first-order valence-corrected chi connectivity index (χ1v) is 8.82. The summed E-state index contributed by atoms with van der Waals surface area (Å²) < 4.78 is 26.7. The first-order chi connectivity index (χ1) is 10.7. The molecule has 2 N–H and O–H groups in total. The maximum Gasteiger partial charge on any atom is 0.243 e. The fraction of sp³-hybridized carbons (Fsp3) is 0.467. The quantitative estimate of drug-likeness (QED) is 0.765. The van der Waals surface area contributed by atoms with Crippen LogP contribution in [0.2, 0.25) is 0 Å². The first kappa shape index (κ1) is 17.6. The van der Waals surface area contributed by atoms with E-state index in [-0.39, 0.29) is 23.8 Å². The van der Waals surface area contributed by atoms with Crippen molar-refractivity contribution in [1.82, 2.24) is 9.21 Å². The molecule has 1 aromatic carbocycles. The van der Waals surface area contributed by atoms with Gasteiger partial charge in [-0.2, -0.15) is 4.31 Å². The van der Waals surface area contributed by atoms with Crippen molar-refractivity contribution in [1.29, 1.82) is 0 Å². The number of sulfonamides is 1. The van der Waals surface area contributed by atoms with Crippen LogP contribution < -0.4 is 5.73 Å². The van der Waals surface area contributed by atoms with Crippen LogP contribution in [0.4, 0.5) is 0 Å². The molecule has 1 atom stereocenters. The lowest BCUT2D eigenvalue weighted by Gasteiger charge is -2.36. The molecular formula is C15H21N3O4S. The summed E-state index contributed by atoms with van der Waals surface area (Å²) in [6.07, 6.45) is 0. The fourth-order valence-corrected chi connectivity index (χ4v) is 4.00. The van der Waals surface area contributed by atoms with Crippen LogP contribution in [0.25, 0.3) is 0 Å². The van der Waals surface area contributed by atoms with Crippen LogP contribution in [0.1, 0.15) is 24.2 Å². The van der Waals surface area contributed by atoms with E-state index < -0.39 is 22.0 Å². The van der Waals surface area contributed by atoms with E-state index in [0.29, 0.717) is 18.7 Å². The fourth-order valence-electron chi connectivity index (χ4n) is 2.54. The predicted molar refractivity (Wildman–Crippen MR) is 85.4 cm³/mol. The number of hydrogen-bond acceptors (Lipinski definition) is 5. The summed E-state index contributed by atoms with van der Waals surface area (Å²) >= 11 is 0. The Kier molecular flexibility index (Phi) is 5.18. The monoisotopic (exact) mass is 339 g/mol. The zero-order valence-electron chi connectivity index (χ0n) is 13.2. The average molecular weight is 339 g/mol. The van der Waals surface area contributed by atoms with Gasteiger partial charge in [0, 0.05) is 31.7 Å². The van der Waals surface area contributed by atoms with Crippen molar-refractivity contribution < 1.29 is 18.0 Å². The highest BCUT2D eigenvalue weighted by atomic mass is 32.2. The number of primary amides is 1. The van der Waals surface area contributed by atoms with Gasteiger partial charge in [0.05, 0.1) is 10.9 Å². The van der Waals surface area contributed by atoms with Crippen molar-refractivity contribution in [2.45, 2.75) is 24.8 Å². The van der Waals surface area contributed by atoms with Crippen molar-refractivity contribution in [2.24, 2.45) is 5.73 Å². The summed E-state index contributed by atoms with van der Waals surface area (Å²) in [6.45, 7) is 4.55. The second-order valence-corrected chi connectivity index (χ2v) is 7.54. The SMILES string of the molecule is CC(=O)c1cccc(S(=O)(=O)N2CCN([C@H](C)C(N)=O)CC2)c1. The van der Waals surface area contributed by atoms with E-state index in [1.807, 2.05) is 4.90 Å². The third-order valence-corrected chi connectivity index (χ3v) is 6.01. The van der Waals surface area contributed by atoms with E-state index in [4.69, 9.17) is 5.73 Å². The molecule has 1 aliphatic rings. The standard InChI is InChI=1S/C15H21N3O4S/c1-11(15(16)20)17-6-8-18(9-7-17)23(21,22)14-5-3-4-13(10-14)12(2)19/h3-5,10-11H,6-9H2,1-2H3,(H2,16,20)/t11-/m1/s1. The molecule has 1 aliphatic heterocycles. The van der Waals surface area contributed by atoms with Gasteiger partial charge in [0.1, 0.15) is 0 Å². The molecule has 2 rings (SSSR count). The molecule has 7 nitrogen and oxygen atoms in total. The lowest BCUT2D eigenvalue weighted by atomic mass is 10.2. The van der Waals surface area contributed by atoms with Crippen molar-refractivity contribution in [3.8, 4) is 0 Å². The Morgan fingerprint density at radius 2 is 1.78 bits per heavy atom. The van der Waals surface area contributed by atoms with Gasteiger partial charge in [-0.3, -0.25) is 14.5 Å². The van der Waals surface area contributed by atoms with Crippen LogP contribution in [0.5, 0.6) is 0 Å². The second-order valence-electron chi connectivity index (χ2n) is 5.60. The summed E-state index contributed by atoms with van der Waals surface area (Å²) in [5, 5.41) is 0. The van der Waals surface area contributed by atoms with Crippen LogP contribution in [-0.4, -0.2) is 61.5 Å². The van der Waals surface area contributed by atoms with Gasteiger partial charge in [0.15, 0.2) is 5.78 Å². The predicted octanol–water partition coefficient (Wildman–Crippen LogP) is 0.0693. The lowest BCUT2D eigenvalue weighted by Crippen LogP contribution is -2.54. The number of Topliss-reactive ketones (excluding diaryl/α,β-unsaturated/α-hetero) is 1. The molecule has 1 saturated heterocycles. The van der Waals surface area contributed by atoms with Gasteiger partial charge in [-0.15, -0.1) is 0 Å². The molecular weight excluding hydrogens is 318 g/mol. The molecule has 0 aromatic heterocycles. The number of nitrogens with zero attached hydrogens (tertiary/aromatic N) is 2. The van der Waals surface area contributed by atoms with E-state index in [1.165, 1.54) is 23.4 Å². The summed E-state index contributed by atoms with van der Waals surface area (Å²) in [5.41, 5.74) is 5.65. The van der Waals surface area contributed by atoms with Crippen molar-refractivity contribution >= 4 is 21.7 Å². The summed E-state index contributed by atoms with van der Waals surface area (Å²) in [5.74, 6) is -0.599. The van der Waals surface area contributed by atoms with Crippen molar-refractivity contribution in [3.63, 3.8) is 0 Å². The van der Waals surface area contributed by atoms with E-state index >= 15 is 0 Å². The molecule has 8 heteroatoms. The molecule has 0 unspecified atom stereocenters. The van der Waals surface area contributed by atoms with Gasteiger partial charge in [0.2, 0.25) is 15.9 Å². The number of piperazine rings is 1. The van der Waals surface area contributed by atoms with Gasteiger partial charge < -0.3 is 5.73 Å². The number of benzene rings is 1. The Bertz CT molecular complexity index is 709. The highest BCUT2D eigenvalue weighted by molar-refractivity contribution is 7.89. The van der Waals surface area contributed by atoms with Gasteiger partial charge in [0.25, 0.3) is 0 Å². The number of carbonyl (C=O) groups is 2. The van der Waals surface area contributed by atoms with Crippen molar-refractivity contribution in [3.05, 3.63) is 29.8 Å². The van der Waals surface area contributed by atoms with E-state index in [1.54, 1.807) is 19.1 Å². The van der Waals surface area contributed by atoms with E-state index in [9.17, 15) is 18.0 Å². The zero-order valence-corrected chi connectivity index (χ0v) is 14.0. The number of rotatable bonds is 5. The van der Waals surface area contributed by atoms with Gasteiger partial charge in [-0.25, -0.2) is 8.42 Å². The van der Waals surface area contributed by atoms with E-state index in [2.05, 4.69) is 0 Å². The molecule has 0 aliphatic carbocycles. The largest absolute Gasteiger partial charge is 0.368 e. The minimum absolute atomic E-state index is 0.113. The molecule has 23 heavy (non-hydrogen) atoms. The molecule has 1 aromatic rings. The molecule has 0 saturated carbocycles. The number of hydrogen-bond donors (Lipinski definition) is 1. The summed E-state index contributed by atoms with van der Waals surface area (Å²) in [6, 6.07) is 5.62. The molecule has 0 spiro atoms. The van der Waals surface area contributed by atoms with E-state index in [0.717, 1.165) is 0 Å². The topological polar surface area (TPSA) is 101 Å². The number of carbonyl (C=O) groups excluding carboxylic acids is 2. The third-order valence-electron chi connectivity index (χ3n) is 4.11. The second kappa shape index (κ2) is 6.77. The third kappa shape index (κ3) is 3.77. The molecule has 1 amide bonds. The first-order valence-electron chi connectivity index (χ1n) is 7.38. The Labute approximate surface area is 136 Å². The molecule has 1 heterocycles. The van der Waals surface area contributed by atoms with Crippen molar-refractivity contribution in [2.75, 3.05) is 26.2 Å². The smallest absolute Gasteiger partial charge is 0.243 e. The highest BCUT2D eigenvalue weighted by Gasteiger charge is 2.31. The number of ketones is 1. The van der Waals surface area contributed by atoms with Crippen LogP contribution in [-0.2, 0) is 14.8 Å². The van der Waals surface area contributed by atoms with Gasteiger partial charge in [-0.1, -0.05) is 12.1 Å². The Hall–Kier alpha value is -1.77. The lowest BCUT2D eigenvalue weighted by molar-refractivity contribution is -0.123. The van der Waals surface area contributed by atoms with Crippen LogP contribution in [0.15, 0.2) is 29.2 Å². The zero-order chi connectivity index (χ0) is 17.2. The van der Waals surface area contributed by atoms with Gasteiger partial charge >= 0.3 is 0 Å². The molecule has 0 bridgehead atoms. The minimum Gasteiger partial charge on any atom is -0.368 e. The van der Waals surface area contributed by atoms with Crippen LogP contribution in [0.3, 0.4) is 0 Å². The minimum atomic E-state index is -3.65. The molecule has 126 valence electrons. The average Bonchev–Trinajstić information content (AvgIpc) is 2.54. The molecule has 0 radical (unpaired) electrons. The van der Waals surface area contributed by atoms with Crippen LogP contribution >= 0.6 is 0 Å². The number of amides is 1. The number of nitrogens with two attached hydrogens (primary N) is 1. The highest BCUT2D eigenvalue weighted by Crippen LogP contribution is 2.19. The maximum atomic E-state index is 12.7. The molecule has 1 fully saturated rings. The van der Waals surface area contributed by atoms with Gasteiger partial charge in [-0.05, 0) is 26.0 Å².